The molecule has 6 heteroatoms. The Morgan fingerprint density at radius 2 is 1.61 bits per heavy atom. The summed E-state index contributed by atoms with van der Waals surface area (Å²) in [6.07, 6.45) is 0. The van der Waals surface area contributed by atoms with Crippen molar-refractivity contribution in [1.29, 1.82) is 0 Å². The Bertz CT molecular complexity index is 578. The van der Waals surface area contributed by atoms with Crippen molar-refractivity contribution in [2.45, 2.75) is 6.61 Å². The molecule has 94 valence electrons. The van der Waals surface area contributed by atoms with Gasteiger partial charge in [-0.1, -0.05) is 52.5 Å². The maximum absolute atomic E-state index is 9.02. The van der Waals surface area contributed by atoms with E-state index in [1.54, 1.807) is 24.3 Å². The van der Waals surface area contributed by atoms with Crippen LogP contribution < -0.4 is 0 Å². The third-order valence-electron chi connectivity index (χ3n) is 2.38. The first-order valence-corrected chi connectivity index (χ1v) is 6.45. The van der Waals surface area contributed by atoms with Gasteiger partial charge >= 0.3 is 0 Å². The topological polar surface area (TPSA) is 33.1 Å². The zero-order chi connectivity index (χ0) is 13.3. The number of hydrogen-bond donors (Lipinski definition) is 1. The average molecular weight is 323 g/mol. The molecule has 0 aliphatic heterocycles. The molecule has 18 heavy (non-hydrogen) atoms. The summed E-state index contributed by atoms with van der Waals surface area (Å²) in [5.74, 6) is 0. The summed E-state index contributed by atoms with van der Waals surface area (Å²) in [6.45, 7) is -0.158. The maximum Gasteiger partial charge on any atom is 0.135 e. The highest BCUT2D eigenvalue weighted by atomic mass is 35.5. The molecular weight excluding hydrogens is 316 g/mol. The molecule has 1 aromatic carbocycles. The molecular formula is C12H7Cl4NO. The van der Waals surface area contributed by atoms with Crippen molar-refractivity contribution in [2.75, 3.05) is 0 Å². The van der Waals surface area contributed by atoms with Gasteiger partial charge in [0, 0.05) is 11.1 Å². The van der Waals surface area contributed by atoms with Gasteiger partial charge < -0.3 is 5.11 Å². The van der Waals surface area contributed by atoms with Crippen LogP contribution >= 0.6 is 46.4 Å². The SMILES string of the molecule is OCc1ccc(-c2cc(Cl)c(Cl)c(Cl)c2)nc1Cl. The second-order valence-electron chi connectivity index (χ2n) is 3.56. The summed E-state index contributed by atoms with van der Waals surface area (Å²) < 4.78 is 0. The van der Waals surface area contributed by atoms with E-state index in [0.29, 0.717) is 31.9 Å². The summed E-state index contributed by atoms with van der Waals surface area (Å²) in [5.41, 5.74) is 1.88. The molecule has 0 atom stereocenters. The van der Waals surface area contributed by atoms with E-state index >= 15 is 0 Å². The molecule has 0 unspecified atom stereocenters. The molecule has 0 amide bonds. The lowest BCUT2D eigenvalue weighted by molar-refractivity contribution is 0.281. The Kier molecular flexibility index (Phi) is 4.36. The smallest absolute Gasteiger partial charge is 0.135 e. The third-order valence-corrected chi connectivity index (χ3v) is 3.90. The highest BCUT2D eigenvalue weighted by Crippen LogP contribution is 2.35. The third kappa shape index (κ3) is 2.73. The average Bonchev–Trinajstić information content (AvgIpc) is 2.35. The zero-order valence-electron chi connectivity index (χ0n) is 8.92. The van der Waals surface area contributed by atoms with Gasteiger partial charge in [0.25, 0.3) is 0 Å². The molecule has 0 aliphatic rings. The van der Waals surface area contributed by atoms with E-state index in [1.165, 1.54) is 0 Å². The maximum atomic E-state index is 9.02. The molecule has 0 saturated heterocycles. The molecule has 1 aromatic heterocycles. The van der Waals surface area contributed by atoms with E-state index < -0.39 is 0 Å². The second kappa shape index (κ2) is 5.64. The van der Waals surface area contributed by atoms with E-state index in [1.807, 2.05) is 0 Å². The summed E-state index contributed by atoms with van der Waals surface area (Å²) in [7, 11) is 0. The van der Waals surface area contributed by atoms with Gasteiger partial charge in [-0.2, -0.15) is 0 Å². The number of pyridine rings is 1. The highest BCUT2D eigenvalue weighted by molar-refractivity contribution is 6.48. The number of halogens is 4. The minimum atomic E-state index is -0.158. The van der Waals surface area contributed by atoms with Crippen LogP contribution in [0.3, 0.4) is 0 Å². The van der Waals surface area contributed by atoms with Crippen molar-refractivity contribution in [3.8, 4) is 11.3 Å². The second-order valence-corrected chi connectivity index (χ2v) is 5.11. The Hall–Kier alpha value is -0.510. The van der Waals surface area contributed by atoms with Crippen molar-refractivity contribution < 1.29 is 5.11 Å². The lowest BCUT2D eigenvalue weighted by Gasteiger charge is -2.07. The van der Waals surface area contributed by atoms with Crippen molar-refractivity contribution in [2.24, 2.45) is 0 Å². The molecule has 0 fully saturated rings. The van der Waals surface area contributed by atoms with E-state index in [4.69, 9.17) is 51.5 Å². The lowest BCUT2D eigenvalue weighted by atomic mass is 10.1. The van der Waals surface area contributed by atoms with E-state index in [-0.39, 0.29) is 11.8 Å². The molecule has 0 radical (unpaired) electrons. The van der Waals surface area contributed by atoms with Gasteiger partial charge in [-0.3, -0.25) is 0 Å². The fourth-order valence-corrected chi connectivity index (χ4v) is 2.26. The number of aliphatic hydroxyl groups is 1. The number of hydrogen-bond acceptors (Lipinski definition) is 2. The summed E-state index contributed by atoms with van der Waals surface area (Å²) in [5, 5.41) is 10.3. The number of rotatable bonds is 2. The van der Waals surface area contributed by atoms with Gasteiger partial charge in [0.2, 0.25) is 0 Å². The van der Waals surface area contributed by atoms with Crippen LogP contribution in [0.5, 0.6) is 0 Å². The predicted octanol–water partition coefficient (Wildman–Crippen LogP) is 4.85. The molecule has 0 saturated carbocycles. The Morgan fingerprint density at radius 3 is 2.11 bits per heavy atom. The van der Waals surface area contributed by atoms with Crippen LogP contribution in [0.1, 0.15) is 5.56 Å². The summed E-state index contributed by atoms with van der Waals surface area (Å²) >= 11 is 23.7. The number of aromatic nitrogens is 1. The van der Waals surface area contributed by atoms with Crippen LogP contribution in [0.4, 0.5) is 0 Å². The molecule has 2 nitrogen and oxygen atoms in total. The molecule has 2 rings (SSSR count). The Balaban J connectivity index is 2.52. The summed E-state index contributed by atoms with van der Waals surface area (Å²) in [6, 6.07) is 6.74. The van der Waals surface area contributed by atoms with Crippen LogP contribution in [0.15, 0.2) is 24.3 Å². The predicted molar refractivity (Wildman–Crippen MR) is 75.6 cm³/mol. The van der Waals surface area contributed by atoms with Crippen LogP contribution in [0.2, 0.25) is 20.2 Å². The largest absolute Gasteiger partial charge is 0.392 e. The molecule has 2 aromatic rings. The summed E-state index contributed by atoms with van der Waals surface area (Å²) in [4.78, 5) is 4.17. The molecule has 1 heterocycles. The van der Waals surface area contributed by atoms with Gasteiger partial charge in [0.1, 0.15) is 5.15 Å². The van der Waals surface area contributed by atoms with E-state index in [9.17, 15) is 0 Å². The minimum Gasteiger partial charge on any atom is -0.392 e. The molecule has 1 N–H and O–H groups in total. The normalized spacial score (nSPS) is 10.7. The fourth-order valence-electron chi connectivity index (χ4n) is 1.45. The van der Waals surface area contributed by atoms with Crippen LogP contribution in [-0.4, -0.2) is 10.1 Å². The number of benzene rings is 1. The van der Waals surface area contributed by atoms with Gasteiger partial charge in [0.05, 0.1) is 27.4 Å². The quantitative estimate of drug-likeness (QED) is 0.633. The Morgan fingerprint density at radius 1 is 1.00 bits per heavy atom. The van der Waals surface area contributed by atoms with E-state index in [0.717, 1.165) is 0 Å². The highest BCUT2D eigenvalue weighted by Gasteiger charge is 2.10. The molecule has 0 bridgehead atoms. The zero-order valence-corrected chi connectivity index (χ0v) is 11.9. The van der Waals surface area contributed by atoms with Crippen molar-refractivity contribution in [1.82, 2.24) is 4.98 Å². The standard InChI is InChI=1S/C12H7Cl4NO/c13-8-3-7(4-9(14)11(8)15)10-2-1-6(5-18)12(16)17-10/h1-4,18H,5H2. The fraction of sp³-hybridized carbons (Fsp3) is 0.0833. The van der Waals surface area contributed by atoms with Gasteiger partial charge in [-0.25, -0.2) is 4.98 Å². The Labute approximate surface area is 124 Å². The monoisotopic (exact) mass is 321 g/mol. The lowest BCUT2D eigenvalue weighted by Crippen LogP contribution is -1.91. The first-order chi connectivity index (χ1) is 8.52. The first-order valence-electron chi connectivity index (χ1n) is 4.94. The molecule has 0 aliphatic carbocycles. The van der Waals surface area contributed by atoms with Crippen LogP contribution in [0.25, 0.3) is 11.3 Å². The van der Waals surface area contributed by atoms with Crippen LogP contribution in [0, 0.1) is 0 Å². The van der Waals surface area contributed by atoms with Gasteiger partial charge in [0.15, 0.2) is 0 Å². The van der Waals surface area contributed by atoms with Crippen LogP contribution in [-0.2, 0) is 6.61 Å². The van der Waals surface area contributed by atoms with Gasteiger partial charge in [-0.05, 0) is 18.2 Å². The van der Waals surface area contributed by atoms with Crippen molar-refractivity contribution in [3.05, 3.63) is 50.0 Å². The van der Waals surface area contributed by atoms with Crippen molar-refractivity contribution >= 4 is 46.4 Å². The van der Waals surface area contributed by atoms with Gasteiger partial charge in [-0.15, -0.1) is 0 Å². The first kappa shape index (κ1) is 13.9. The minimum absolute atomic E-state index is 0.158. The number of aliphatic hydroxyl groups excluding tert-OH is 1. The molecule has 0 spiro atoms. The van der Waals surface area contributed by atoms with E-state index in [2.05, 4.69) is 4.98 Å². The van der Waals surface area contributed by atoms with Crippen molar-refractivity contribution in [3.63, 3.8) is 0 Å². The number of nitrogens with zero attached hydrogens (tertiary/aromatic N) is 1.